The average molecular weight is 487 g/mol. The van der Waals surface area contributed by atoms with Crippen molar-refractivity contribution in [3.63, 3.8) is 0 Å². The second-order valence-electron chi connectivity index (χ2n) is 11.4. The van der Waals surface area contributed by atoms with Crippen molar-refractivity contribution in [2.24, 2.45) is 10.8 Å². The normalized spacial score (nSPS) is 20.7. The third kappa shape index (κ3) is 6.51. The number of benzene rings is 1. The van der Waals surface area contributed by atoms with Crippen molar-refractivity contribution in [3.05, 3.63) is 47.7 Å². The third-order valence-corrected chi connectivity index (χ3v) is 8.41. The SMILES string of the molecule is CCc1ccc(S(=O)(=O)NC2CC(c3ccc(NCC(C)(C)C)c(NC)n3)CCC2(C)C)cc1. The van der Waals surface area contributed by atoms with Crippen LogP contribution in [0.25, 0.3) is 0 Å². The summed E-state index contributed by atoms with van der Waals surface area (Å²) in [7, 11) is -1.71. The molecule has 2 aromatic rings. The number of aromatic nitrogens is 1. The van der Waals surface area contributed by atoms with Gasteiger partial charge in [0.15, 0.2) is 0 Å². The van der Waals surface area contributed by atoms with Gasteiger partial charge in [-0.25, -0.2) is 18.1 Å². The summed E-state index contributed by atoms with van der Waals surface area (Å²) in [5, 5.41) is 6.72. The van der Waals surface area contributed by atoms with Gasteiger partial charge in [0.1, 0.15) is 5.82 Å². The van der Waals surface area contributed by atoms with Gasteiger partial charge in [-0.2, -0.15) is 0 Å². The summed E-state index contributed by atoms with van der Waals surface area (Å²) >= 11 is 0. The molecule has 0 aliphatic heterocycles. The number of hydrogen-bond donors (Lipinski definition) is 3. The van der Waals surface area contributed by atoms with E-state index in [1.165, 1.54) is 0 Å². The van der Waals surface area contributed by atoms with Crippen LogP contribution in [0.4, 0.5) is 11.5 Å². The molecular weight excluding hydrogens is 444 g/mol. The fraction of sp³-hybridized carbons (Fsp3) is 0.593. The van der Waals surface area contributed by atoms with Crippen molar-refractivity contribution in [1.29, 1.82) is 0 Å². The Morgan fingerprint density at radius 1 is 1.09 bits per heavy atom. The monoisotopic (exact) mass is 486 g/mol. The van der Waals surface area contributed by atoms with E-state index in [0.717, 1.165) is 55.0 Å². The first-order valence-electron chi connectivity index (χ1n) is 12.4. The lowest BCUT2D eigenvalue weighted by Gasteiger charge is -2.42. The molecule has 7 heteroatoms. The first-order chi connectivity index (χ1) is 15.8. The van der Waals surface area contributed by atoms with Crippen LogP contribution >= 0.6 is 0 Å². The molecule has 1 aliphatic carbocycles. The van der Waals surface area contributed by atoms with Gasteiger partial charge in [0.2, 0.25) is 10.0 Å². The van der Waals surface area contributed by atoms with Gasteiger partial charge in [0.05, 0.1) is 10.6 Å². The van der Waals surface area contributed by atoms with Gasteiger partial charge in [-0.15, -0.1) is 0 Å². The molecule has 188 valence electrons. The van der Waals surface area contributed by atoms with Crippen LogP contribution in [0.3, 0.4) is 0 Å². The number of nitrogens with one attached hydrogen (secondary N) is 3. The molecule has 1 aromatic carbocycles. The summed E-state index contributed by atoms with van der Waals surface area (Å²) in [6.45, 7) is 13.8. The summed E-state index contributed by atoms with van der Waals surface area (Å²) in [6, 6.07) is 11.2. The van der Waals surface area contributed by atoms with E-state index in [1.807, 2.05) is 19.2 Å². The molecule has 3 N–H and O–H groups in total. The largest absolute Gasteiger partial charge is 0.382 e. The molecule has 0 bridgehead atoms. The second kappa shape index (κ2) is 10.2. The molecule has 1 aromatic heterocycles. The van der Waals surface area contributed by atoms with Crippen LogP contribution in [0.5, 0.6) is 0 Å². The molecule has 0 saturated heterocycles. The van der Waals surface area contributed by atoms with Crippen molar-refractivity contribution >= 4 is 21.5 Å². The minimum absolute atomic E-state index is 0.132. The standard InChI is InChI=1S/C27H42N4O2S/c1-8-19-9-11-21(12-10-19)34(32,33)31-24-17-20(15-16-27(24,5)6)22-13-14-23(25(28-7)30-22)29-18-26(2,3)4/h9-14,20,24,29,31H,8,15-18H2,1-7H3,(H,28,30). The van der Waals surface area contributed by atoms with Crippen molar-refractivity contribution in [3.8, 4) is 0 Å². The van der Waals surface area contributed by atoms with Crippen LogP contribution in [0.15, 0.2) is 41.3 Å². The highest BCUT2D eigenvalue weighted by Crippen LogP contribution is 2.43. The summed E-state index contributed by atoms with van der Waals surface area (Å²) in [5.41, 5.74) is 3.17. The van der Waals surface area contributed by atoms with Gasteiger partial charge in [-0.05, 0) is 66.3 Å². The number of anilines is 2. The Morgan fingerprint density at radius 2 is 1.76 bits per heavy atom. The smallest absolute Gasteiger partial charge is 0.240 e. The lowest BCUT2D eigenvalue weighted by Crippen LogP contribution is -2.48. The molecule has 1 saturated carbocycles. The summed E-state index contributed by atoms with van der Waals surface area (Å²) in [4.78, 5) is 5.25. The predicted molar refractivity (Wildman–Crippen MR) is 142 cm³/mol. The van der Waals surface area contributed by atoms with Crippen LogP contribution < -0.4 is 15.4 Å². The first-order valence-corrected chi connectivity index (χ1v) is 13.9. The Balaban J connectivity index is 1.79. The molecule has 1 aliphatic rings. The fourth-order valence-corrected chi connectivity index (χ4v) is 5.89. The van der Waals surface area contributed by atoms with Crippen LogP contribution in [0.2, 0.25) is 0 Å². The van der Waals surface area contributed by atoms with Gasteiger partial charge in [0, 0.05) is 31.2 Å². The summed E-state index contributed by atoms with van der Waals surface area (Å²) < 4.78 is 29.4. The highest BCUT2D eigenvalue weighted by atomic mass is 32.2. The van der Waals surface area contributed by atoms with Crippen LogP contribution in [0, 0.1) is 10.8 Å². The second-order valence-corrected chi connectivity index (χ2v) is 13.1. The van der Waals surface area contributed by atoms with E-state index in [-0.39, 0.29) is 22.8 Å². The summed E-state index contributed by atoms with van der Waals surface area (Å²) in [6.07, 6.45) is 3.53. The van der Waals surface area contributed by atoms with Crippen LogP contribution in [-0.2, 0) is 16.4 Å². The Hall–Kier alpha value is -2.12. The molecule has 0 spiro atoms. The maximum atomic E-state index is 13.2. The van der Waals surface area contributed by atoms with Crippen molar-refractivity contribution < 1.29 is 8.42 Å². The Bertz CT molecular complexity index is 1070. The van der Waals surface area contributed by atoms with Gasteiger partial charge >= 0.3 is 0 Å². The number of aryl methyl sites for hydroxylation is 1. The topological polar surface area (TPSA) is 83.1 Å². The Morgan fingerprint density at radius 3 is 2.35 bits per heavy atom. The molecule has 2 atom stereocenters. The van der Waals surface area contributed by atoms with Crippen molar-refractivity contribution in [1.82, 2.24) is 9.71 Å². The van der Waals surface area contributed by atoms with E-state index in [9.17, 15) is 8.42 Å². The predicted octanol–water partition coefficient (Wildman–Crippen LogP) is 5.78. The third-order valence-electron chi connectivity index (χ3n) is 6.92. The summed E-state index contributed by atoms with van der Waals surface area (Å²) in [5.74, 6) is 1.03. The van der Waals surface area contributed by atoms with Crippen molar-refractivity contribution in [2.75, 3.05) is 24.2 Å². The van der Waals surface area contributed by atoms with Crippen LogP contribution in [0.1, 0.15) is 78.0 Å². The van der Waals surface area contributed by atoms with Gasteiger partial charge in [-0.1, -0.05) is 53.7 Å². The first kappa shape index (κ1) is 26.5. The zero-order valence-corrected chi connectivity index (χ0v) is 22.6. The molecular formula is C27H42N4O2S. The number of hydrogen-bond acceptors (Lipinski definition) is 5. The minimum atomic E-state index is -3.60. The maximum Gasteiger partial charge on any atom is 0.240 e. The van der Waals surface area contributed by atoms with E-state index >= 15 is 0 Å². The zero-order valence-electron chi connectivity index (χ0n) is 21.8. The fourth-order valence-electron chi connectivity index (χ4n) is 4.47. The van der Waals surface area contributed by atoms with E-state index in [0.29, 0.717) is 4.90 Å². The number of pyridine rings is 1. The number of sulfonamides is 1. The molecule has 1 heterocycles. The Kier molecular flexibility index (Phi) is 7.98. The van der Waals surface area contributed by atoms with E-state index in [4.69, 9.17) is 4.98 Å². The minimum Gasteiger partial charge on any atom is -0.382 e. The molecule has 0 amide bonds. The lowest BCUT2D eigenvalue weighted by molar-refractivity contribution is 0.170. The molecule has 2 unspecified atom stereocenters. The highest BCUT2D eigenvalue weighted by Gasteiger charge is 2.39. The van der Waals surface area contributed by atoms with Gasteiger partial charge in [-0.3, -0.25) is 0 Å². The molecule has 34 heavy (non-hydrogen) atoms. The Labute approximate surface area is 206 Å². The van der Waals surface area contributed by atoms with E-state index in [1.54, 1.807) is 12.1 Å². The molecule has 0 radical (unpaired) electrons. The van der Waals surface area contributed by atoms with Crippen molar-refractivity contribution in [2.45, 2.75) is 84.1 Å². The average Bonchev–Trinajstić information content (AvgIpc) is 2.78. The molecule has 6 nitrogen and oxygen atoms in total. The van der Waals surface area contributed by atoms with Crippen LogP contribution in [-0.4, -0.2) is 33.0 Å². The molecule has 3 rings (SSSR count). The van der Waals surface area contributed by atoms with Gasteiger partial charge in [0.25, 0.3) is 0 Å². The van der Waals surface area contributed by atoms with E-state index < -0.39 is 10.0 Å². The van der Waals surface area contributed by atoms with Gasteiger partial charge < -0.3 is 10.6 Å². The maximum absolute atomic E-state index is 13.2. The van der Waals surface area contributed by atoms with E-state index in [2.05, 4.69) is 69.0 Å². The molecule has 1 fully saturated rings. The lowest BCUT2D eigenvalue weighted by atomic mass is 9.69. The number of rotatable bonds is 8. The number of nitrogens with zero attached hydrogens (tertiary/aromatic N) is 1. The highest BCUT2D eigenvalue weighted by molar-refractivity contribution is 7.89. The zero-order chi connectivity index (χ0) is 25.1. The quantitative estimate of drug-likeness (QED) is 0.440.